The van der Waals surface area contributed by atoms with Crippen LogP contribution in [0.3, 0.4) is 0 Å². The molecule has 0 aliphatic heterocycles. The first-order valence-corrected chi connectivity index (χ1v) is 8.94. The van der Waals surface area contributed by atoms with Gasteiger partial charge in [0.2, 0.25) is 0 Å². The van der Waals surface area contributed by atoms with Crippen molar-refractivity contribution in [2.75, 3.05) is 0 Å². The number of carbonyl (C=O) groups excluding carboxylic acids is 2. The molecule has 0 rings (SSSR count). The van der Waals surface area contributed by atoms with E-state index in [0.29, 0.717) is 12.8 Å². The number of hydrogen-bond acceptors (Lipinski definition) is 4. The van der Waals surface area contributed by atoms with E-state index in [1.54, 1.807) is 6.92 Å². The molecular weight excluding hydrogens is 326 g/mol. The van der Waals surface area contributed by atoms with Crippen molar-refractivity contribution in [3.05, 3.63) is 0 Å². The molecule has 0 atom stereocenters. The Bertz CT molecular complexity index is 308. The SMILES string of the molecule is CCCCCCCCCCCCC(CCC)(C(=O)[O-])C(=O)[O-].[Na+].[Na+]. The molecule has 6 heteroatoms. The molecule has 0 amide bonds. The second-order valence-electron chi connectivity index (χ2n) is 6.34. The van der Waals surface area contributed by atoms with Crippen molar-refractivity contribution < 1.29 is 78.9 Å². The molecule has 0 fully saturated rings. The molecule has 4 nitrogen and oxygen atoms in total. The summed E-state index contributed by atoms with van der Waals surface area (Å²) < 4.78 is 0. The molecule has 0 aromatic heterocycles. The summed E-state index contributed by atoms with van der Waals surface area (Å²) in [5, 5.41) is 22.4. The van der Waals surface area contributed by atoms with E-state index in [1.807, 2.05) is 0 Å². The topological polar surface area (TPSA) is 80.3 Å². The molecule has 0 bridgehead atoms. The summed E-state index contributed by atoms with van der Waals surface area (Å²) in [5.74, 6) is -2.99. The van der Waals surface area contributed by atoms with E-state index >= 15 is 0 Å². The maximum atomic E-state index is 11.2. The predicted octanol–water partition coefficient (Wildman–Crippen LogP) is -3.41. The summed E-state index contributed by atoms with van der Waals surface area (Å²) in [6.45, 7) is 3.98. The van der Waals surface area contributed by atoms with Crippen molar-refractivity contribution in [2.45, 2.75) is 97.3 Å². The van der Waals surface area contributed by atoms with Gasteiger partial charge in [-0.25, -0.2) is 0 Å². The van der Waals surface area contributed by atoms with Gasteiger partial charge in [0.25, 0.3) is 0 Å². The largest absolute Gasteiger partial charge is 1.00 e. The van der Waals surface area contributed by atoms with Gasteiger partial charge < -0.3 is 19.8 Å². The number of rotatable bonds is 15. The van der Waals surface area contributed by atoms with E-state index in [-0.39, 0.29) is 72.0 Å². The van der Waals surface area contributed by atoms with Crippen LogP contribution in [0.1, 0.15) is 97.3 Å². The van der Waals surface area contributed by atoms with E-state index in [4.69, 9.17) is 0 Å². The number of carboxylic acid groups (broad SMARTS) is 2. The molecule has 0 saturated heterocycles. The number of aliphatic carboxylic acids is 2. The van der Waals surface area contributed by atoms with Gasteiger partial charge in [0.15, 0.2) is 0 Å². The van der Waals surface area contributed by atoms with Crippen LogP contribution in [0.15, 0.2) is 0 Å². The van der Waals surface area contributed by atoms with E-state index in [2.05, 4.69) is 6.92 Å². The standard InChI is InChI=1S/C18H34O4.2Na/c1-3-5-6-7-8-9-10-11-12-13-15-18(14-4-2,16(19)20)17(21)22;;/h3-15H2,1-2H3,(H,19,20)(H,21,22);;/q;2*+1/p-2. The maximum absolute atomic E-state index is 11.2. The van der Waals surface area contributed by atoms with Crippen molar-refractivity contribution in [2.24, 2.45) is 5.41 Å². The molecule has 0 unspecified atom stereocenters. The molecule has 0 heterocycles. The van der Waals surface area contributed by atoms with E-state index in [0.717, 1.165) is 19.3 Å². The molecule has 130 valence electrons. The second kappa shape index (κ2) is 18.7. The molecular formula is C18H32Na2O4. The smallest absolute Gasteiger partial charge is 0.549 e. The van der Waals surface area contributed by atoms with Crippen LogP contribution in [0.2, 0.25) is 0 Å². The summed E-state index contributed by atoms with van der Waals surface area (Å²) in [5.41, 5.74) is -1.80. The number of hydrogen-bond donors (Lipinski definition) is 0. The summed E-state index contributed by atoms with van der Waals surface area (Å²) in [4.78, 5) is 22.4. The van der Waals surface area contributed by atoms with Gasteiger partial charge in [0, 0.05) is 5.41 Å². The zero-order valence-corrected chi connectivity index (χ0v) is 20.3. The maximum Gasteiger partial charge on any atom is 1.00 e. The Kier molecular flexibility index (Phi) is 23.2. The van der Waals surface area contributed by atoms with E-state index < -0.39 is 17.4 Å². The Labute approximate surface area is 192 Å². The molecule has 0 spiro atoms. The van der Waals surface area contributed by atoms with Crippen molar-refractivity contribution >= 4 is 11.9 Å². The molecule has 0 radical (unpaired) electrons. The third-order valence-electron chi connectivity index (χ3n) is 4.42. The average Bonchev–Trinajstić information content (AvgIpc) is 2.47. The number of carbonyl (C=O) groups is 2. The summed E-state index contributed by atoms with van der Waals surface area (Å²) in [7, 11) is 0. The van der Waals surface area contributed by atoms with Crippen LogP contribution < -0.4 is 69.3 Å². The molecule has 0 N–H and O–H groups in total. The first kappa shape index (κ1) is 29.7. The molecule has 24 heavy (non-hydrogen) atoms. The van der Waals surface area contributed by atoms with Crippen molar-refractivity contribution in [3.63, 3.8) is 0 Å². The van der Waals surface area contributed by atoms with Gasteiger partial charge in [0.1, 0.15) is 0 Å². The molecule has 0 aromatic rings. The van der Waals surface area contributed by atoms with Gasteiger partial charge in [-0.3, -0.25) is 0 Å². The Morgan fingerprint density at radius 2 is 1.00 bits per heavy atom. The Hall–Kier alpha value is 0.940. The summed E-state index contributed by atoms with van der Waals surface area (Å²) >= 11 is 0. The molecule has 0 aliphatic carbocycles. The van der Waals surface area contributed by atoms with Crippen LogP contribution in [0.25, 0.3) is 0 Å². The van der Waals surface area contributed by atoms with Gasteiger partial charge in [-0.2, -0.15) is 0 Å². The summed E-state index contributed by atoms with van der Waals surface area (Å²) in [6.07, 6.45) is 12.0. The number of unbranched alkanes of at least 4 members (excludes halogenated alkanes) is 9. The van der Waals surface area contributed by atoms with E-state index in [9.17, 15) is 19.8 Å². The molecule has 0 aromatic carbocycles. The van der Waals surface area contributed by atoms with Gasteiger partial charge >= 0.3 is 59.1 Å². The monoisotopic (exact) mass is 358 g/mol. The van der Waals surface area contributed by atoms with Gasteiger partial charge in [-0.15, -0.1) is 0 Å². The van der Waals surface area contributed by atoms with Crippen LogP contribution in [-0.4, -0.2) is 11.9 Å². The van der Waals surface area contributed by atoms with Gasteiger partial charge in [-0.05, 0) is 12.8 Å². The summed E-state index contributed by atoms with van der Waals surface area (Å²) in [6, 6.07) is 0. The van der Waals surface area contributed by atoms with Gasteiger partial charge in [0.05, 0.1) is 11.9 Å². The number of carboxylic acids is 2. The molecule has 0 aliphatic rings. The van der Waals surface area contributed by atoms with E-state index in [1.165, 1.54) is 38.5 Å². The average molecular weight is 358 g/mol. The predicted molar refractivity (Wildman–Crippen MR) is 83.8 cm³/mol. The van der Waals surface area contributed by atoms with Crippen LogP contribution in [-0.2, 0) is 9.59 Å². The minimum atomic E-state index is -1.80. The normalized spacial score (nSPS) is 10.6. The van der Waals surface area contributed by atoms with Crippen molar-refractivity contribution in [3.8, 4) is 0 Å². The minimum Gasteiger partial charge on any atom is -0.549 e. The zero-order valence-electron chi connectivity index (χ0n) is 16.3. The minimum absolute atomic E-state index is 0. The third-order valence-corrected chi connectivity index (χ3v) is 4.42. The third kappa shape index (κ3) is 12.3. The Balaban J connectivity index is -0.00000220. The quantitative estimate of drug-likeness (QED) is 0.174. The Morgan fingerprint density at radius 3 is 1.33 bits per heavy atom. The van der Waals surface area contributed by atoms with Crippen LogP contribution in [0.5, 0.6) is 0 Å². The first-order chi connectivity index (χ1) is 10.5. The van der Waals surface area contributed by atoms with Crippen molar-refractivity contribution in [1.82, 2.24) is 0 Å². The van der Waals surface area contributed by atoms with Crippen LogP contribution >= 0.6 is 0 Å². The fourth-order valence-corrected chi connectivity index (χ4v) is 2.96. The van der Waals surface area contributed by atoms with Crippen LogP contribution in [0.4, 0.5) is 0 Å². The van der Waals surface area contributed by atoms with Crippen LogP contribution in [0, 0.1) is 5.41 Å². The zero-order chi connectivity index (χ0) is 16.8. The fourth-order valence-electron chi connectivity index (χ4n) is 2.96. The second-order valence-corrected chi connectivity index (χ2v) is 6.34. The Morgan fingerprint density at radius 1 is 0.625 bits per heavy atom. The first-order valence-electron chi connectivity index (χ1n) is 8.94. The molecule has 0 saturated carbocycles. The van der Waals surface area contributed by atoms with Crippen molar-refractivity contribution in [1.29, 1.82) is 0 Å². The fraction of sp³-hybridized carbons (Fsp3) is 0.889. The van der Waals surface area contributed by atoms with Gasteiger partial charge in [-0.1, -0.05) is 84.5 Å².